The van der Waals surface area contributed by atoms with Crippen LogP contribution in [0.25, 0.3) is 0 Å². The number of carbonyl (C=O) groups is 2. The molecular formula is C17H26O4. The van der Waals surface area contributed by atoms with E-state index in [0.29, 0.717) is 11.8 Å². The Bertz CT molecular complexity index is 387. The van der Waals surface area contributed by atoms with Crippen LogP contribution >= 0.6 is 0 Å². The first-order chi connectivity index (χ1) is 10.1. The van der Waals surface area contributed by atoms with Crippen molar-refractivity contribution >= 4 is 11.9 Å². The maximum atomic E-state index is 11.8. The Hall–Kier alpha value is -1.06. The van der Waals surface area contributed by atoms with Crippen molar-refractivity contribution in [2.24, 2.45) is 29.1 Å². The maximum absolute atomic E-state index is 11.8. The van der Waals surface area contributed by atoms with E-state index < -0.39 is 17.4 Å². The fourth-order valence-corrected chi connectivity index (χ4v) is 5.39. The minimum absolute atomic E-state index is 0.106. The molecule has 3 saturated carbocycles. The van der Waals surface area contributed by atoms with Crippen LogP contribution in [-0.4, -0.2) is 22.2 Å². The molecule has 2 bridgehead atoms. The van der Waals surface area contributed by atoms with E-state index in [-0.39, 0.29) is 11.8 Å². The number of hydrogen-bond acceptors (Lipinski definition) is 2. The molecule has 21 heavy (non-hydrogen) atoms. The number of carboxylic acid groups (broad SMARTS) is 2. The predicted molar refractivity (Wildman–Crippen MR) is 77.8 cm³/mol. The molecule has 0 aromatic rings. The van der Waals surface area contributed by atoms with E-state index in [1.54, 1.807) is 0 Å². The van der Waals surface area contributed by atoms with E-state index in [0.717, 1.165) is 38.5 Å². The van der Waals surface area contributed by atoms with E-state index in [1.807, 2.05) is 0 Å². The zero-order valence-corrected chi connectivity index (χ0v) is 12.6. The van der Waals surface area contributed by atoms with Gasteiger partial charge in [-0.25, -0.2) is 0 Å². The van der Waals surface area contributed by atoms with Crippen molar-refractivity contribution < 1.29 is 19.8 Å². The molecule has 0 heterocycles. The Morgan fingerprint density at radius 1 is 0.667 bits per heavy atom. The first kappa shape index (κ1) is 14.9. The van der Waals surface area contributed by atoms with Crippen molar-refractivity contribution in [3.05, 3.63) is 0 Å². The van der Waals surface area contributed by atoms with E-state index >= 15 is 0 Å². The lowest BCUT2D eigenvalue weighted by molar-refractivity contribution is -0.159. The smallest absolute Gasteiger partial charge is 0.321 e. The number of carboxylic acids is 2. The number of rotatable bonds is 2. The summed E-state index contributed by atoms with van der Waals surface area (Å²) in [6, 6.07) is 0. The van der Waals surface area contributed by atoms with Crippen LogP contribution in [0.4, 0.5) is 0 Å². The lowest BCUT2D eigenvalue weighted by atomic mass is 9.77. The van der Waals surface area contributed by atoms with Gasteiger partial charge in [0.1, 0.15) is 0 Å². The molecule has 3 fully saturated rings. The van der Waals surface area contributed by atoms with E-state index in [4.69, 9.17) is 0 Å². The summed E-state index contributed by atoms with van der Waals surface area (Å²) in [5.41, 5.74) is -1.46. The molecule has 4 atom stereocenters. The van der Waals surface area contributed by atoms with Gasteiger partial charge in [-0.3, -0.25) is 9.59 Å². The summed E-state index contributed by atoms with van der Waals surface area (Å²) in [6.45, 7) is 0. The zero-order valence-electron chi connectivity index (χ0n) is 12.6. The van der Waals surface area contributed by atoms with Gasteiger partial charge in [0, 0.05) is 0 Å². The Morgan fingerprint density at radius 2 is 1.05 bits per heavy atom. The molecule has 0 saturated heterocycles. The third kappa shape index (κ3) is 2.27. The Morgan fingerprint density at radius 3 is 1.43 bits per heavy atom. The largest absolute Gasteiger partial charge is 0.480 e. The molecule has 4 heteroatoms. The SMILES string of the molecule is O=C(O)C1(C(=O)O)C2C3CCCCCCCCC(CC3)C21. The second kappa shape index (κ2) is 5.62. The molecule has 4 unspecified atom stereocenters. The highest BCUT2D eigenvalue weighted by atomic mass is 16.4. The van der Waals surface area contributed by atoms with Crippen molar-refractivity contribution in [3.63, 3.8) is 0 Å². The lowest BCUT2D eigenvalue weighted by Crippen LogP contribution is -2.30. The van der Waals surface area contributed by atoms with E-state index in [2.05, 4.69) is 0 Å². The molecule has 0 aromatic heterocycles. The van der Waals surface area contributed by atoms with Gasteiger partial charge in [-0.15, -0.1) is 0 Å². The van der Waals surface area contributed by atoms with Crippen molar-refractivity contribution in [3.8, 4) is 0 Å². The van der Waals surface area contributed by atoms with Crippen molar-refractivity contribution in [1.82, 2.24) is 0 Å². The average molecular weight is 294 g/mol. The Kier molecular flexibility index (Phi) is 3.98. The summed E-state index contributed by atoms with van der Waals surface area (Å²) >= 11 is 0. The molecule has 3 rings (SSSR count). The highest BCUT2D eigenvalue weighted by molar-refractivity contribution is 6.03. The van der Waals surface area contributed by atoms with Crippen molar-refractivity contribution in [2.45, 2.75) is 64.2 Å². The zero-order chi connectivity index (χ0) is 15.0. The van der Waals surface area contributed by atoms with Crippen LogP contribution in [0.2, 0.25) is 0 Å². The second-order valence-electron chi connectivity index (χ2n) is 7.33. The highest BCUT2D eigenvalue weighted by Crippen LogP contribution is 2.71. The summed E-state index contributed by atoms with van der Waals surface area (Å²) in [6.07, 6.45) is 11.4. The quantitative estimate of drug-likeness (QED) is 0.764. The van der Waals surface area contributed by atoms with Gasteiger partial charge in [0.15, 0.2) is 5.41 Å². The van der Waals surface area contributed by atoms with Crippen molar-refractivity contribution in [2.75, 3.05) is 0 Å². The molecule has 0 aliphatic heterocycles. The lowest BCUT2D eigenvalue weighted by Gasteiger charge is -2.28. The monoisotopic (exact) mass is 294 g/mol. The summed E-state index contributed by atoms with van der Waals surface area (Å²) in [5, 5.41) is 19.2. The number of hydrogen-bond donors (Lipinski definition) is 2. The molecule has 3 aliphatic carbocycles. The van der Waals surface area contributed by atoms with Gasteiger partial charge in [-0.05, 0) is 36.5 Å². The van der Waals surface area contributed by atoms with Gasteiger partial charge in [0.05, 0.1) is 0 Å². The molecule has 2 N–H and O–H groups in total. The molecule has 4 nitrogen and oxygen atoms in total. The first-order valence-corrected chi connectivity index (χ1v) is 8.57. The summed E-state index contributed by atoms with van der Waals surface area (Å²) in [7, 11) is 0. The van der Waals surface area contributed by atoms with Crippen LogP contribution in [-0.2, 0) is 9.59 Å². The highest BCUT2D eigenvalue weighted by Gasteiger charge is 2.79. The van der Waals surface area contributed by atoms with Gasteiger partial charge < -0.3 is 10.2 Å². The van der Waals surface area contributed by atoms with Gasteiger partial charge in [-0.1, -0.05) is 51.4 Å². The van der Waals surface area contributed by atoms with Crippen LogP contribution < -0.4 is 0 Å². The summed E-state index contributed by atoms with van der Waals surface area (Å²) < 4.78 is 0. The minimum Gasteiger partial charge on any atom is -0.480 e. The van der Waals surface area contributed by atoms with Gasteiger partial charge in [-0.2, -0.15) is 0 Å². The summed E-state index contributed by atoms with van der Waals surface area (Å²) in [4.78, 5) is 23.5. The molecule has 0 amide bonds. The maximum Gasteiger partial charge on any atom is 0.321 e. The fraction of sp³-hybridized carbons (Fsp3) is 0.882. The van der Waals surface area contributed by atoms with E-state index in [9.17, 15) is 19.8 Å². The Labute approximate surface area is 125 Å². The van der Waals surface area contributed by atoms with Crippen LogP contribution in [0.5, 0.6) is 0 Å². The van der Waals surface area contributed by atoms with Crippen LogP contribution in [0.3, 0.4) is 0 Å². The van der Waals surface area contributed by atoms with Gasteiger partial charge in [0.25, 0.3) is 0 Å². The predicted octanol–water partition coefficient (Wildman–Crippen LogP) is 3.55. The van der Waals surface area contributed by atoms with Gasteiger partial charge >= 0.3 is 11.9 Å². The molecule has 0 radical (unpaired) electrons. The second-order valence-corrected chi connectivity index (χ2v) is 7.33. The normalized spacial score (nSPS) is 38.7. The third-order valence-corrected chi connectivity index (χ3v) is 6.36. The van der Waals surface area contributed by atoms with Crippen LogP contribution in [0.15, 0.2) is 0 Å². The van der Waals surface area contributed by atoms with E-state index in [1.165, 1.54) is 25.7 Å². The molecule has 118 valence electrons. The Balaban J connectivity index is 1.87. The number of aliphatic carboxylic acids is 2. The third-order valence-electron chi connectivity index (χ3n) is 6.36. The molecule has 0 aromatic carbocycles. The topological polar surface area (TPSA) is 74.6 Å². The van der Waals surface area contributed by atoms with Crippen LogP contribution in [0.1, 0.15) is 64.2 Å². The van der Waals surface area contributed by atoms with Crippen molar-refractivity contribution in [1.29, 1.82) is 0 Å². The minimum atomic E-state index is -1.46. The van der Waals surface area contributed by atoms with Gasteiger partial charge in [0.2, 0.25) is 0 Å². The molecular weight excluding hydrogens is 268 g/mol. The van der Waals surface area contributed by atoms with Crippen LogP contribution in [0, 0.1) is 29.1 Å². The average Bonchev–Trinajstić information content (AvgIpc) is 3.11. The fourth-order valence-electron chi connectivity index (χ4n) is 5.39. The molecule has 0 spiro atoms. The standard InChI is InChI=1S/C17H26O4/c18-15(19)17(16(20)21)13-11-7-5-3-1-2-4-6-8-12(10-9-11)14(13)17/h11-14H,1-10H2,(H,18,19)(H,20,21). The summed E-state index contributed by atoms with van der Waals surface area (Å²) in [5.74, 6) is -1.75. The first-order valence-electron chi connectivity index (χ1n) is 8.57. The molecule has 3 aliphatic rings.